The van der Waals surface area contributed by atoms with E-state index in [-0.39, 0.29) is 0 Å². The number of rotatable bonds is 4. The largest absolute Gasteiger partial charge is 0.250 e. The van der Waals surface area contributed by atoms with Gasteiger partial charge in [0.2, 0.25) is 0 Å². The lowest BCUT2D eigenvalue weighted by molar-refractivity contribution is 0.296. The van der Waals surface area contributed by atoms with Crippen LogP contribution >= 0.6 is 15.9 Å². The van der Waals surface area contributed by atoms with Gasteiger partial charge in [-0.3, -0.25) is 4.68 Å². The van der Waals surface area contributed by atoms with Crippen molar-refractivity contribution in [3.8, 4) is 0 Å². The molecule has 0 radical (unpaired) electrons. The molecule has 2 aliphatic carbocycles. The summed E-state index contributed by atoms with van der Waals surface area (Å²) >= 11 is 3.72. The van der Waals surface area contributed by atoms with Crippen LogP contribution in [0.4, 0.5) is 0 Å². The molecule has 0 saturated heterocycles. The lowest BCUT2D eigenvalue weighted by atomic mass is 9.81. The van der Waals surface area contributed by atoms with Gasteiger partial charge in [0.05, 0.1) is 0 Å². The zero-order valence-electron chi connectivity index (χ0n) is 9.69. The van der Waals surface area contributed by atoms with Crippen molar-refractivity contribution in [2.75, 3.05) is 5.33 Å². The van der Waals surface area contributed by atoms with E-state index in [9.17, 15) is 0 Å². The van der Waals surface area contributed by atoms with Gasteiger partial charge in [0, 0.05) is 18.3 Å². The molecule has 1 aromatic heterocycles. The summed E-state index contributed by atoms with van der Waals surface area (Å²) in [5.74, 6) is 3.22. The highest BCUT2D eigenvalue weighted by Gasteiger charge is 2.53. The fourth-order valence-corrected chi connectivity index (χ4v) is 3.99. The van der Waals surface area contributed by atoms with Gasteiger partial charge >= 0.3 is 0 Å². The van der Waals surface area contributed by atoms with Crippen molar-refractivity contribution >= 4 is 15.9 Å². The monoisotopic (exact) mass is 283 g/mol. The fourth-order valence-electron chi connectivity index (χ4n) is 3.33. The molecule has 1 heterocycles. The lowest BCUT2D eigenvalue weighted by Gasteiger charge is -2.28. The number of halogens is 1. The summed E-state index contributed by atoms with van der Waals surface area (Å²) in [6.45, 7) is 3.06. The zero-order chi connectivity index (χ0) is 11.2. The average molecular weight is 284 g/mol. The van der Waals surface area contributed by atoms with Crippen LogP contribution in [-0.2, 0) is 13.0 Å². The Kier molecular flexibility index (Phi) is 2.57. The minimum absolute atomic E-state index is 0.466. The third kappa shape index (κ3) is 1.71. The third-order valence-corrected chi connectivity index (χ3v) is 5.46. The first-order chi connectivity index (χ1) is 7.76. The number of alkyl halides is 1. The quantitative estimate of drug-likeness (QED) is 0.796. The van der Waals surface area contributed by atoms with E-state index in [1.54, 1.807) is 6.33 Å². The maximum Gasteiger partial charge on any atom is 0.138 e. The molecule has 2 fully saturated rings. The van der Waals surface area contributed by atoms with Gasteiger partial charge in [-0.1, -0.05) is 15.9 Å². The van der Waals surface area contributed by atoms with Gasteiger partial charge in [-0.05, 0) is 43.4 Å². The molecule has 1 aromatic rings. The Morgan fingerprint density at radius 2 is 2.25 bits per heavy atom. The first kappa shape index (κ1) is 10.8. The van der Waals surface area contributed by atoms with E-state index >= 15 is 0 Å². The third-order valence-electron chi connectivity index (χ3n) is 4.27. The Hall–Kier alpha value is -0.380. The summed E-state index contributed by atoms with van der Waals surface area (Å²) in [6, 6.07) is 0. The summed E-state index contributed by atoms with van der Waals surface area (Å²) in [4.78, 5) is 4.41. The normalized spacial score (nSPS) is 36.4. The molecule has 4 heteroatoms. The smallest absolute Gasteiger partial charge is 0.138 e. The van der Waals surface area contributed by atoms with Gasteiger partial charge in [-0.25, -0.2) is 4.98 Å². The SMILES string of the molecule is CCn1ncnc1CC1(CBr)CC2CC2C1. The van der Waals surface area contributed by atoms with E-state index in [1.165, 1.54) is 25.1 Å². The highest BCUT2D eigenvalue weighted by atomic mass is 79.9. The molecule has 0 spiro atoms. The zero-order valence-corrected chi connectivity index (χ0v) is 11.3. The van der Waals surface area contributed by atoms with Crippen LogP contribution in [0.3, 0.4) is 0 Å². The molecular formula is C12H18BrN3. The van der Waals surface area contributed by atoms with Crippen LogP contribution in [0, 0.1) is 17.3 Å². The van der Waals surface area contributed by atoms with E-state index in [1.807, 2.05) is 4.68 Å². The highest BCUT2D eigenvalue weighted by molar-refractivity contribution is 9.09. The Morgan fingerprint density at radius 3 is 2.88 bits per heavy atom. The van der Waals surface area contributed by atoms with Crippen molar-refractivity contribution in [3.05, 3.63) is 12.2 Å². The predicted molar refractivity (Wildman–Crippen MR) is 66.5 cm³/mol. The topological polar surface area (TPSA) is 30.7 Å². The van der Waals surface area contributed by atoms with E-state index < -0.39 is 0 Å². The van der Waals surface area contributed by atoms with E-state index in [0.29, 0.717) is 5.41 Å². The second-order valence-electron chi connectivity index (χ2n) is 5.47. The summed E-state index contributed by atoms with van der Waals surface area (Å²) in [5.41, 5.74) is 0.466. The van der Waals surface area contributed by atoms with Gasteiger partial charge in [0.25, 0.3) is 0 Å². The number of fused-ring (bicyclic) bond motifs is 1. The molecule has 2 aliphatic rings. The minimum atomic E-state index is 0.466. The average Bonchev–Trinajstić information content (AvgIpc) is 2.76. The first-order valence-corrected chi connectivity index (χ1v) is 7.31. The number of aryl methyl sites for hydroxylation is 1. The van der Waals surface area contributed by atoms with Gasteiger partial charge in [-0.2, -0.15) is 5.10 Å². The molecule has 0 N–H and O–H groups in total. The minimum Gasteiger partial charge on any atom is -0.250 e. The van der Waals surface area contributed by atoms with E-state index in [0.717, 1.165) is 30.1 Å². The molecule has 0 bridgehead atoms. The molecule has 16 heavy (non-hydrogen) atoms. The Labute approximate surface area is 105 Å². The number of nitrogens with zero attached hydrogens (tertiary/aromatic N) is 3. The Morgan fingerprint density at radius 1 is 1.50 bits per heavy atom. The van der Waals surface area contributed by atoms with Crippen LogP contribution in [0.1, 0.15) is 32.0 Å². The van der Waals surface area contributed by atoms with Crippen molar-refractivity contribution in [2.45, 2.75) is 39.2 Å². The van der Waals surface area contributed by atoms with Crippen molar-refractivity contribution in [3.63, 3.8) is 0 Å². The van der Waals surface area contributed by atoms with Gasteiger partial charge in [0.15, 0.2) is 0 Å². The van der Waals surface area contributed by atoms with Crippen LogP contribution in [-0.4, -0.2) is 20.1 Å². The molecular weight excluding hydrogens is 266 g/mol. The second kappa shape index (κ2) is 3.83. The van der Waals surface area contributed by atoms with Gasteiger partial charge in [0.1, 0.15) is 12.2 Å². The molecule has 0 amide bonds. The summed E-state index contributed by atoms with van der Waals surface area (Å²) in [7, 11) is 0. The van der Waals surface area contributed by atoms with Crippen LogP contribution < -0.4 is 0 Å². The molecule has 3 nitrogen and oxygen atoms in total. The van der Waals surface area contributed by atoms with Gasteiger partial charge < -0.3 is 0 Å². The maximum absolute atomic E-state index is 4.41. The number of aromatic nitrogens is 3. The van der Waals surface area contributed by atoms with Crippen molar-refractivity contribution in [1.29, 1.82) is 0 Å². The van der Waals surface area contributed by atoms with Crippen molar-refractivity contribution in [1.82, 2.24) is 14.8 Å². The van der Waals surface area contributed by atoms with Crippen molar-refractivity contribution in [2.24, 2.45) is 17.3 Å². The fraction of sp³-hybridized carbons (Fsp3) is 0.833. The van der Waals surface area contributed by atoms with Crippen LogP contribution in [0.15, 0.2) is 6.33 Å². The standard InChI is InChI=1S/C12H18BrN3/c1-2-16-11(14-8-15-16)6-12(7-13)4-9-3-10(9)5-12/h8-10H,2-7H2,1H3. The van der Waals surface area contributed by atoms with Crippen LogP contribution in [0.25, 0.3) is 0 Å². The van der Waals surface area contributed by atoms with Crippen molar-refractivity contribution < 1.29 is 0 Å². The van der Waals surface area contributed by atoms with Gasteiger partial charge in [-0.15, -0.1) is 0 Å². The molecule has 2 saturated carbocycles. The Balaban J connectivity index is 1.77. The summed E-state index contributed by atoms with van der Waals surface area (Å²) in [5, 5.41) is 5.38. The van der Waals surface area contributed by atoms with Crippen LogP contribution in [0.5, 0.6) is 0 Å². The van der Waals surface area contributed by atoms with E-state index in [2.05, 4.69) is 32.9 Å². The van der Waals surface area contributed by atoms with E-state index in [4.69, 9.17) is 0 Å². The molecule has 3 rings (SSSR count). The number of hydrogen-bond donors (Lipinski definition) is 0. The molecule has 0 aliphatic heterocycles. The molecule has 2 atom stereocenters. The Bertz CT molecular complexity index is 377. The molecule has 0 aromatic carbocycles. The molecule has 88 valence electrons. The highest BCUT2D eigenvalue weighted by Crippen LogP contribution is 2.61. The summed E-state index contributed by atoms with van der Waals surface area (Å²) < 4.78 is 2.04. The van der Waals surface area contributed by atoms with Crippen LogP contribution in [0.2, 0.25) is 0 Å². The second-order valence-corrected chi connectivity index (χ2v) is 6.03. The predicted octanol–water partition coefficient (Wildman–Crippen LogP) is 2.65. The lowest BCUT2D eigenvalue weighted by Crippen LogP contribution is -2.25. The molecule has 2 unspecified atom stereocenters. The summed E-state index contributed by atoms with van der Waals surface area (Å²) in [6.07, 6.45) is 7.05. The first-order valence-electron chi connectivity index (χ1n) is 6.19. The number of hydrogen-bond acceptors (Lipinski definition) is 2. The maximum atomic E-state index is 4.41.